The molecule has 2 aliphatic carbocycles. The fourth-order valence-electron chi connectivity index (χ4n) is 4.00. The van der Waals surface area contributed by atoms with Gasteiger partial charge in [-0.1, -0.05) is 12.5 Å². The van der Waals surface area contributed by atoms with Crippen LogP contribution in [0.15, 0.2) is 17.5 Å². The van der Waals surface area contributed by atoms with Crippen LogP contribution in [0.25, 0.3) is 0 Å². The summed E-state index contributed by atoms with van der Waals surface area (Å²) in [5, 5.41) is 7.67. The number of hydrogen-bond donors (Lipinski definition) is 3. The van der Waals surface area contributed by atoms with Crippen molar-refractivity contribution in [3.8, 4) is 0 Å². The fourth-order valence-corrected chi connectivity index (χ4v) is 4.64. The van der Waals surface area contributed by atoms with E-state index in [9.17, 15) is 9.59 Å². The lowest BCUT2D eigenvalue weighted by Gasteiger charge is -2.43. The standard InChI is InChI=1S/C17H25N3O2S.ClH/c18-15-11-3-1-4-12(15)10-13(9-11)16(21)19-6-7-20-17(22)14-5-2-8-23-14;/h2,5,8,11-13,15H,1,3-4,6-7,9-10,18H2,(H,19,21)(H,20,22);1H. The summed E-state index contributed by atoms with van der Waals surface area (Å²) in [5.74, 6) is 1.17. The molecular weight excluding hydrogens is 346 g/mol. The van der Waals surface area contributed by atoms with Crippen LogP contribution in [0, 0.1) is 17.8 Å². The Kier molecular flexibility index (Phi) is 7.07. The first-order valence-electron chi connectivity index (χ1n) is 8.50. The number of nitrogens with two attached hydrogens (primary N) is 1. The van der Waals surface area contributed by atoms with Gasteiger partial charge in [-0.05, 0) is 49.0 Å². The summed E-state index contributed by atoms with van der Waals surface area (Å²) in [5.41, 5.74) is 6.27. The third-order valence-electron chi connectivity index (χ3n) is 5.24. The molecule has 2 bridgehead atoms. The quantitative estimate of drug-likeness (QED) is 0.693. The van der Waals surface area contributed by atoms with Crippen LogP contribution in [-0.4, -0.2) is 30.9 Å². The van der Waals surface area contributed by atoms with E-state index in [2.05, 4.69) is 10.6 Å². The van der Waals surface area contributed by atoms with Gasteiger partial charge in [0.15, 0.2) is 0 Å². The topological polar surface area (TPSA) is 84.2 Å². The molecule has 1 heterocycles. The Morgan fingerprint density at radius 1 is 1.17 bits per heavy atom. The van der Waals surface area contributed by atoms with Gasteiger partial charge in [0.1, 0.15) is 0 Å². The maximum Gasteiger partial charge on any atom is 0.261 e. The zero-order valence-electron chi connectivity index (χ0n) is 13.7. The number of nitrogens with one attached hydrogen (secondary N) is 2. The number of halogens is 1. The molecule has 0 aromatic carbocycles. The highest BCUT2D eigenvalue weighted by molar-refractivity contribution is 7.12. The summed E-state index contributed by atoms with van der Waals surface area (Å²) in [6.45, 7) is 0.940. The first-order chi connectivity index (χ1) is 11.1. The summed E-state index contributed by atoms with van der Waals surface area (Å²) in [6, 6.07) is 3.94. The van der Waals surface area contributed by atoms with Gasteiger partial charge in [-0.3, -0.25) is 9.59 Å². The predicted molar refractivity (Wildman–Crippen MR) is 98.4 cm³/mol. The van der Waals surface area contributed by atoms with E-state index in [-0.39, 0.29) is 36.2 Å². The lowest BCUT2D eigenvalue weighted by atomic mass is 9.65. The van der Waals surface area contributed by atoms with Crippen molar-refractivity contribution in [3.05, 3.63) is 22.4 Å². The fraction of sp³-hybridized carbons (Fsp3) is 0.647. The number of rotatable bonds is 5. The van der Waals surface area contributed by atoms with Crippen molar-refractivity contribution in [2.24, 2.45) is 23.5 Å². The second-order valence-corrected chi connectivity index (χ2v) is 7.67. The number of thiophene rings is 1. The summed E-state index contributed by atoms with van der Waals surface area (Å²) in [4.78, 5) is 24.8. The van der Waals surface area contributed by atoms with Crippen LogP contribution in [0.5, 0.6) is 0 Å². The van der Waals surface area contributed by atoms with Crippen molar-refractivity contribution >= 4 is 35.6 Å². The first kappa shape index (κ1) is 19.2. The molecule has 0 radical (unpaired) electrons. The molecule has 1 aromatic rings. The minimum Gasteiger partial charge on any atom is -0.354 e. The average Bonchev–Trinajstić information content (AvgIpc) is 3.05. The van der Waals surface area contributed by atoms with Gasteiger partial charge < -0.3 is 16.4 Å². The molecule has 0 saturated heterocycles. The number of hydrogen-bond acceptors (Lipinski definition) is 4. The van der Waals surface area contributed by atoms with Crippen LogP contribution in [0.1, 0.15) is 41.8 Å². The molecule has 24 heavy (non-hydrogen) atoms. The second kappa shape index (κ2) is 8.83. The number of carbonyl (C=O) groups is 2. The SMILES string of the molecule is Cl.NC1C2CCCC1CC(C(=O)NCCNC(=O)c1cccs1)C2. The van der Waals surface area contributed by atoms with E-state index in [0.717, 1.165) is 25.7 Å². The highest BCUT2D eigenvalue weighted by Gasteiger charge is 2.40. The van der Waals surface area contributed by atoms with E-state index in [1.54, 1.807) is 6.07 Å². The van der Waals surface area contributed by atoms with Crippen molar-refractivity contribution in [2.45, 2.75) is 38.1 Å². The highest BCUT2D eigenvalue weighted by Crippen LogP contribution is 2.41. The molecule has 2 unspecified atom stereocenters. The van der Waals surface area contributed by atoms with Crippen molar-refractivity contribution in [1.29, 1.82) is 0 Å². The maximum absolute atomic E-state index is 12.3. The minimum absolute atomic E-state index is 0. The molecule has 5 nitrogen and oxygen atoms in total. The van der Waals surface area contributed by atoms with Gasteiger partial charge in [0.2, 0.25) is 5.91 Å². The Hall–Kier alpha value is -1.11. The van der Waals surface area contributed by atoms with Crippen molar-refractivity contribution in [1.82, 2.24) is 10.6 Å². The van der Waals surface area contributed by atoms with E-state index in [1.165, 1.54) is 17.8 Å². The molecule has 2 atom stereocenters. The zero-order chi connectivity index (χ0) is 16.2. The molecule has 2 fully saturated rings. The molecule has 0 spiro atoms. The Bertz CT molecular complexity index is 538. The van der Waals surface area contributed by atoms with Crippen LogP contribution in [-0.2, 0) is 4.79 Å². The van der Waals surface area contributed by atoms with Crippen LogP contribution in [0.3, 0.4) is 0 Å². The van der Waals surface area contributed by atoms with Crippen LogP contribution in [0.2, 0.25) is 0 Å². The molecule has 2 amide bonds. The monoisotopic (exact) mass is 371 g/mol. The van der Waals surface area contributed by atoms with E-state index >= 15 is 0 Å². The summed E-state index contributed by atoms with van der Waals surface area (Å²) < 4.78 is 0. The summed E-state index contributed by atoms with van der Waals surface area (Å²) in [7, 11) is 0. The largest absolute Gasteiger partial charge is 0.354 e. The molecule has 1 aromatic heterocycles. The summed E-state index contributed by atoms with van der Waals surface area (Å²) >= 11 is 1.42. The van der Waals surface area contributed by atoms with Gasteiger partial charge in [-0.25, -0.2) is 0 Å². The molecule has 4 N–H and O–H groups in total. The van der Waals surface area contributed by atoms with Gasteiger partial charge in [-0.15, -0.1) is 23.7 Å². The minimum atomic E-state index is -0.0765. The Morgan fingerprint density at radius 3 is 2.46 bits per heavy atom. The second-order valence-electron chi connectivity index (χ2n) is 6.72. The molecule has 2 aliphatic rings. The highest BCUT2D eigenvalue weighted by atomic mass is 35.5. The number of amides is 2. The van der Waals surface area contributed by atoms with E-state index in [0.29, 0.717) is 29.8 Å². The third kappa shape index (κ3) is 4.49. The van der Waals surface area contributed by atoms with Crippen molar-refractivity contribution in [2.75, 3.05) is 13.1 Å². The van der Waals surface area contributed by atoms with Gasteiger partial charge in [0, 0.05) is 25.0 Å². The van der Waals surface area contributed by atoms with Gasteiger partial charge in [0.25, 0.3) is 5.91 Å². The molecule has 7 heteroatoms. The number of fused-ring (bicyclic) bond motifs is 2. The Balaban J connectivity index is 0.00000208. The van der Waals surface area contributed by atoms with Crippen LogP contribution >= 0.6 is 23.7 Å². The maximum atomic E-state index is 12.3. The normalized spacial score (nSPS) is 28.5. The third-order valence-corrected chi connectivity index (χ3v) is 6.11. The van der Waals surface area contributed by atoms with Crippen LogP contribution < -0.4 is 16.4 Å². The lowest BCUT2D eigenvalue weighted by Crippen LogP contribution is -2.49. The van der Waals surface area contributed by atoms with E-state index in [4.69, 9.17) is 5.73 Å². The smallest absolute Gasteiger partial charge is 0.261 e. The molecule has 3 rings (SSSR count). The number of carbonyl (C=O) groups excluding carboxylic acids is 2. The van der Waals surface area contributed by atoms with Crippen LogP contribution in [0.4, 0.5) is 0 Å². The molecule has 0 aliphatic heterocycles. The Morgan fingerprint density at radius 2 is 1.83 bits per heavy atom. The summed E-state index contributed by atoms with van der Waals surface area (Å²) in [6.07, 6.45) is 5.43. The predicted octanol–water partition coefficient (Wildman–Crippen LogP) is 2.17. The average molecular weight is 372 g/mol. The van der Waals surface area contributed by atoms with Gasteiger partial charge in [0.05, 0.1) is 4.88 Å². The Labute approximate surface area is 153 Å². The lowest BCUT2D eigenvalue weighted by molar-refractivity contribution is -0.127. The molecular formula is C17H26ClN3O2S. The zero-order valence-corrected chi connectivity index (χ0v) is 15.3. The van der Waals surface area contributed by atoms with E-state index in [1.807, 2.05) is 11.4 Å². The first-order valence-corrected chi connectivity index (χ1v) is 9.38. The molecule has 2 saturated carbocycles. The van der Waals surface area contributed by atoms with Gasteiger partial charge >= 0.3 is 0 Å². The van der Waals surface area contributed by atoms with Crippen molar-refractivity contribution < 1.29 is 9.59 Å². The van der Waals surface area contributed by atoms with Crippen molar-refractivity contribution in [3.63, 3.8) is 0 Å². The molecule has 134 valence electrons. The van der Waals surface area contributed by atoms with Gasteiger partial charge in [-0.2, -0.15) is 0 Å². The van der Waals surface area contributed by atoms with E-state index < -0.39 is 0 Å².